The van der Waals surface area contributed by atoms with E-state index >= 15 is 0 Å². The predicted molar refractivity (Wildman–Crippen MR) is 81.8 cm³/mol. The third kappa shape index (κ3) is 4.40. The molecule has 23 heavy (non-hydrogen) atoms. The lowest BCUT2D eigenvalue weighted by molar-refractivity contribution is 0.0902. The summed E-state index contributed by atoms with van der Waals surface area (Å²) in [6.45, 7) is 7.79. The van der Waals surface area contributed by atoms with Crippen molar-refractivity contribution >= 4 is 5.91 Å². The molecule has 0 aromatic carbocycles. The Morgan fingerprint density at radius 1 is 1.30 bits per heavy atom. The first-order chi connectivity index (χ1) is 11.2. The molecule has 0 atom stereocenters. The molecule has 124 valence electrons. The number of hydrogen-bond acceptors (Lipinski definition) is 7. The molecule has 2 aromatic rings. The number of amides is 1. The molecule has 0 radical (unpaired) electrons. The number of nitrogens with zero attached hydrogens (tertiary/aromatic N) is 4. The SMILES string of the molecule is Cc1noc(CN2CCN(CCNC(=O)c3ccco3)CC2)n1. The van der Waals surface area contributed by atoms with Gasteiger partial charge in [-0.05, 0) is 19.1 Å². The Morgan fingerprint density at radius 2 is 2.09 bits per heavy atom. The number of nitrogens with one attached hydrogen (secondary N) is 1. The zero-order chi connectivity index (χ0) is 16.1. The summed E-state index contributed by atoms with van der Waals surface area (Å²) in [6.07, 6.45) is 1.50. The number of piperazine rings is 1. The highest BCUT2D eigenvalue weighted by atomic mass is 16.5. The second-order valence-electron chi connectivity index (χ2n) is 5.59. The van der Waals surface area contributed by atoms with E-state index in [-0.39, 0.29) is 5.91 Å². The number of aryl methyl sites for hydroxylation is 1. The highest BCUT2D eigenvalue weighted by Crippen LogP contribution is 2.07. The van der Waals surface area contributed by atoms with E-state index < -0.39 is 0 Å². The number of carbonyl (C=O) groups excluding carboxylic acids is 1. The maximum atomic E-state index is 11.7. The summed E-state index contributed by atoms with van der Waals surface area (Å²) in [4.78, 5) is 20.6. The van der Waals surface area contributed by atoms with E-state index in [4.69, 9.17) is 8.94 Å². The van der Waals surface area contributed by atoms with Crippen molar-refractivity contribution in [2.75, 3.05) is 39.3 Å². The number of carbonyl (C=O) groups is 1. The van der Waals surface area contributed by atoms with Crippen molar-refractivity contribution in [2.24, 2.45) is 0 Å². The molecular formula is C15H21N5O3. The Kier molecular flexibility index (Phi) is 5.04. The van der Waals surface area contributed by atoms with Gasteiger partial charge in [-0.1, -0.05) is 5.16 Å². The molecule has 1 amide bonds. The fraction of sp³-hybridized carbons (Fsp3) is 0.533. The number of aromatic nitrogens is 2. The van der Waals surface area contributed by atoms with Gasteiger partial charge in [0.2, 0.25) is 5.89 Å². The van der Waals surface area contributed by atoms with Crippen LogP contribution in [0.1, 0.15) is 22.3 Å². The molecule has 3 rings (SSSR count). The van der Waals surface area contributed by atoms with Crippen LogP contribution in [0.4, 0.5) is 0 Å². The molecule has 0 unspecified atom stereocenters. The predicted octanol–water partition coefficient (Wildman–Crippen LogP) is 0.519. The van der Waals surface area contributed by atoms with Crippen LogP contribution in [-0.4, -0.2) is 65.1 Å². The van der Waals surface area contributed by atoms with Crippen LogP contribution in [0.5, 0.6) is 0 Å². The van der Waals surface area contributed by atoms with Crippen LogP contribution >= 0.6 is 0 Å². The van der Waals surface area contributed by atoms with Gasteiger partial charge >= 0.3 is 0 Å². The van der Waals surface area contributed by atoms with Gasteiger partial charge in [0, 0.05) is 39.3 Å². The summed E-state index contributed by atoms with van der Waals surface area (Å²) in [5.41, 5.74) is 0. The van der Waals surface area contributed by atoms with Gasteiger partial charge in [-0.3, -0.25) is 14.6 Å². The number of hydrogen-bond donors (Lipinski definition) is 1. The normalized spacial score (nSPS) is 16.6. The van der Waals surface area contributed by atoms with Gasteiger partial charge in [0.25, 0.3) is 5.91 Å². The maximum absolute atomic E-state index is 11.7. The van der Waals surface area contributed by atoms with Crippen molar-refractivity contribution in [2.45, 2.75) is 13.5 Å². The smallest absolute Gasteiger partial charge is 0.287 e. The topological polar surface area (TPSA) is 87.6 Å². The average Bonchev–Trinajstić information content (AvgIpc) is 3.21. The Balaban J connectivity index is 1.34. The van der Waals surface area contributed by atoms with Crippen molar-refractivity contribution in [3.8, 4) is 0 Å². The second-order valence-corrected chi connectivity index (χ2v) is 5.59. The summed E-state index contributed by atoms with van der Waals surface area (Å²) >= 11 is 0. The minimum atomic E-state index is -0.166. The quantitative estimate of drug-likeness (QED) is 0.830. The Bertz CT molecular complexity index is 617. The Hall–Kier alpha value is -2.19. The van der Waals surface area contributed by atoms with Gasteiger partial charge in [0.1, 0.15) is 0 Å². The van der Waals surface area contributed by atoms with E-state index in [2.05, 4.69) is 25.3 Å². The molecule has 1 N–H and O–H groups in total. The zero-order valence-corrected chi connectivity index (χ0v) is 13.2. The molecule has 1 fully saturated rings. The molecule has 1 aliphatic heterocycles. The first kappa shape index (κ1) is 15.7. The fourth-order valence-electron chi connectivity index (χ4n) is 2.59. The largest absolute Gasteiger partial charge is 0.459 e. The first-order valence-electron chi connectivity index (χ1n) is 7.76. The molecule has 0 aliphatic carbocycles. The highest BCUT2D eigenvalue weighted by molar-refractivity contribution is 5.91. The van der Waals surface area contributed by atoms with Crippen molar-refractivity contribution in [3.05, 3.63) is 35.9 Å². The van der Waals surface area contributed by atoms with Crippen LogP contribution in [-0.2, 0) is 6.54 Å². The molecule has 0 spiro atoms. The van der Waals surface area contributed by atoms with E-state index in [1.807, 2.05) is 6.92 Å². The standard InChI is InChI=1S/C15H21N5O3/c1-12-17-14(23-18-12)11-20-8-6-19(7-9-20)5-4-16-15(21)13-3-2-10-22-13/h2-3,10H,4-9,11H2,1H3,(H,16,21). The highest BCUT2D eigenvalue weighted by Gasteiger charge is 2.19. The molecule has 1 saturated heterocycles. The van der Waals surface area contributed by atoms with Crippen molar-refractivity contribution < 1.29 is 13.7 Å². The van der Waals surface area contributed by atoms with E-state index in [1.54, 1.807) is 12.1 Å². The van der Waals surface area contributed by atoms with Gasteiger partial charge in [-0.2, -0.15) is 4.98 Å². The lowest BCUT2D eigenvalue weighted by atomic mass is 10.3. The fourth-order valence-corrected chi connectivity index (χ4v) is 2.59. The molecule has 1 aliphatic rings. The van der Waals surface area contributed by atoms with Crippen LogP contribution in [0.2, 0.25) is 0 Å². The number of furan rings is 1. The summed E-state index contributed by atoms with van der Waals surface area (Å²) in [5, 5.41) is 6.67. The van der Waals surface area contributed by atoms with Crippen molar-refractivity contribution in [3.63, 3.8) is 0 Å². The maximum Gasteiger partial charge on any atom is 0.287 e. The summed E-state index contributed by atoms with van der Waals surface area (Å²) in [5.74, 6) is 1.53. The van der Waals surface area contributed by atoms with Crippen LogP contribution in [0.25, 0.3) is 0 Å². The summed E-state index contributed by atoms with van der Waals surface area (Å²) < 4.78 is 10.2. The number of rotatable bonds is 6. The summed E-state index contributed by atoms with van der Waals surface area (Å²) in [6, 6.07) is 3.37. The van der Waals surface area contributed by atoms with Crippen LogP contribution in [0, 0.1) is 6.92 Å². The molecule has 0 saturated carbocycles. The van der Waals surface area contributed by atoms with Crippen molar-refractivity contribution in [1.82, 2.24) is 25.3 Å². The molecular weight excluding hydrogens is 298 g/mol. The molecule has 3 heterocycles. The lowest BCUT2D eigenvalue weighted by Gasteiger charge is -2.33. The Labute approximate surface area is 134 Å². The van der Waals surface area contributed by atoms with Crippen LogP contribution in [0.3, 0.4) is 0 Å². The molecule has 0 bridgehead atoms. The van der Waals surface area contributed by atoms with E-state index in [1.165, 1.54) is 6.26 Å². The van der Waals surface area contributed by atoms with Crippen LogP contribution in [0.15, 0.2) is 27.3 Å². The first-order valence-corrected chi connectivity index (χ1v) is 7.76. The average molecular weight is 319 g/mol. The molecule has 8 heteroatoms. The molecule has 8 nitrogen and oxygen atoms in total. The minimum absolute atomic E-state index is 0.166. The van der Waals surface area contributed by atoms with Gasteiger partial charge < -0.3 is 14.3 Å². The van der Waals surface area contributed by atoms with E-state index in [9.17, 15) is 4.79 Å². The van der Waals surface area contributed by atoms with Crippen LogP contribution < -0.4 is 5.32 Å². The van der Waals surface area contributed by atoms with Gasteiger partial charge in [-0.25, -0.2) is 0 Å². The second kappa shape index (κ2) is 7.38. The third-order valence-electron chi connectivity index (χ3n) is 3.85. The van der Waals surface area contributed by atoms with Gasteiger partial charge in [0.05, 0.1) is 12.8 Å². The minimum Gasteiger partial charge on any atom is -0.459 e. The monoisotopic (exact) mass is 319 g/mol. The van der Waals surface area contributed by atoms with Gasteiger partial charge in [0.15, 0.2) is 11.6 Å². The summed E-state index contributed by atoms with van der Waals surface area (Å²) in [7, 11) is 0. The third-order valence-corrected chi connectivity index (χ3v) is 3.85. The van der Waals surface area contributed by atoms with Crippen molar-refractivity contribution in [1.29, 1.82) is 0 Å². The van der Waals surface area contributed by atoms with Gasteiger partial charge in [-0.15, -0.1) is 0 Å². The lowest BCUT2D eigenvalue weighted by Crippen LogP contribution is -2.48. The molecule has 2 aromatic heterocycles. The van der Waals surface area contributed by atoms with E-state index in [0.717, 1.165) is 32.7 Å². The van der Waals surface area contributed by atoms with E-state index in [0.29, 0.717) is 30.6 Å². The zero-order valence-electron chi connectivity index (χ0n) is 13.2. The Morgan fingerprint density at radius 3 is 2.74 bits per heavy atom.